The number of hydrogen-bond acceptors (Lipinski definition) is 6. The van der Waals surface area contributed by atoms with Crippen LogP contribution in [-0.2, 0) is 9.53 Å². The summed E-state index contributed by atoms with van der Waals surface area (Å²) in [6.45, 7) is 5.40. The maximum atomic E-state index is 12.3. The van der Waals surface area contributed by atoms with Crippen LogP contribution < -0.4 is 14.8 Å². The summed E-state index contributed by atoms with van der Waals surface area (Å²) in [6.07, 6.45) is 0.613. The zero-order chi connectivity index (χ0) is 19.3. The maximum absolute atomic E-state index is 12.3. The smallest absolute Gasteiger partial charge is 0.339 e. The number of carbonyl (C=O) groups excluding carboxylic acids is 2. The molecule has 8 nitrogen and oxygen atoms in total. The van der Waals surface area contributed by atoms with Crippen molar-refractivity contribution in [2.24, 2.45) is 0 Å². The SMILES string of the molecule is COc1ccc(C(=O)O[C@H](C)C(=O)Nc2ccnn2C(C)C)cc1OC. The van der Waals surface area contributed by atoms with Crippen LogP contribution in [-0.4, -0.2) is 42.0 Å². The summed E-state index contributed by atoms with van der Waals surface area (Å²) in [7, 11) is 2.98. The summed E-state index contributed by atoms with van der Waals surface area (Å²) in [5.41, 5.74) is 0.259. The van der Waals surface area contributed by atoms with E-state index in [0.29, 0.717) is 17.3 Å². The van der Waals surface area contributed by atoms with Crippen LogP contribution >= 0.6 is 0 Å². The molecule has 0 aliphatic rings. The molecule has 0 aliphatic heterocycles. The molecule has 0 spiro atoms. The molecule has 26 heavy (non-hydrogen) atoms. The maximum Gasteiger partial charge on any atom is 0.339 e. The number of anilines is 1. The molecule has 1 aromatic heterocycles. The summed E-state index contributed by atoms with van der Waals surface area (Å²) < 4.78 is 17.2. The summed E-state index contributed by atoms with van der Waals surface area (Å²) in [4.78, 5) is 24.6. The molecular formula is C18H23N3O5. The van der Waals surface area contributed by atoms with Crippen LogP contribution in [0.25, 0.3) is 0 Å². The molecule has 0 fully saturated rings. The summed E-state index contributed by atoms with van der Waals surface area (Å²) in [6, 6.07) is 6.41. The van der Waals surface area contributed by atoms with E-state index in [1.54, 1.807) is 29.1 Å². The highest BCUT2D eigenvalue weighted by Gasteiger charge is 2.21. The van der Waals surface area contributed by atoms with Gasteiger partial charge in [0.2, 0.25) is 0 Å². The van der Waals surface area contributed by atoms with Gasteiger partial charge in [0.1, 0.15) is 5.82 Å². The van der Waals surface area contributed by atoms with E-state index in [1.807, 2.05) is 13.8 Å². The van der Waals surface area contributed by atoms with Gasteiger partial charge in [0.25, 0.3) is 5.91 Å². The predicted molar refractivity (Wildman–Crippen MR) is 95.7 cm³/mol. The van der Waals surface area contributed by atoms with Crippen molar-refractivity contribution in [3.63, 3.8) is 0 Å². The van der Waals surface area contributed by atoms with Crippen molar-refractivity contribution in [3.8, 4) is 11.5 Å². The van der Waals surface area contributed by atoms with E-state index in [1.165, 1.54) is 27.2 Å². The Morgan fingerprint density at radius 2 is 1.77 bits per heavy atom. The molecule has 1 amide bonds. The first-order chi connectivity index (χ1) is 12.4. The monoisotopic (exact) mass is 361 g/mol. The lowest BCUT2D eigenvalue weighted by molar-refractivity contribution is -0.123. The fourth-order valence-corrected chi connectivity index (χ4v) is 2.30. The van der Waals surface area contributed by atoms with Gasteiger partial charge in [0.15, 0.2) is 17.6 Å². The quantitative estimate of drug-likeness (QED) is 0.762. The molecule has 140 valence electrons. The van der Waals surface area contributed by atoms with Crippen molar-refractivity contribution in [1.82, 2.24) is 9.78 Å². The van der Waals surface area contributed by atoms with E-state index in [2.05, 4.69) is 10.4 Å². The minimum absolute atomic E-state index is 0.0879. The van der Waals surface area contributed by atoms with Crippen molar-refractivity contribution < 1.29 is 23.8 Å². The second kappa shape index (κ2) is 8.37. The molecule has 0 radical (unpaired) electrons. The number of rotatable bonds is 7. The van der Waals surface area contributed by atoms with Gasteiger partial charge in [-0.1, -0.05) is 0 Å². The van der Waals surface area contributed by atoms with Gasteiger partial charge in [-0.25, -0.2) is 9.48 Å². The Balaban J connectivity index is 2.04. The van der Waals surface area contributed by atoms with E-state index < -0.39 is 18.0 Å². The molecule has 0 aliphatic carbocycles. The van der Waals surface area contributed by atoms with Crippen molar-refractivity contribution in [1.29, 1.82) is 0 Å². The topological polar surface area (TPSA) is 91.7 Å². The van der Waals surface area contributed by atoms with E-state index >= 15 is 0 Å². The van der Waals surface area contributed by atoms with Gasteiger partial charge < -0.3 is 19.5 Å². The van der Waals surface area contributed by atoms with Crippen molar-refractivity contribution >= 4 is 17.7 Å². The van der Waals surface area contributed by atoms with Crippen LogP contribution in [0.4, 0.5) is 5.82 Å². The normalized spacial score (nSPS) is 11.8. The number of nitrogens with one attached hydrogen (secondary N) is 1. The fraction of sp³-hybridized carbons (Fsp3) is 0.389. The number of methoxy groups -OCH3 is 2. The lowest BCUT2D eigenvalue weighted by atomic mass is 10.2. The zero-order valence-corrected chi connectivity index (χ0v) is 15.5. The summed E-state index contributed by atoms with van der Waals surface area (Å²) in [5, 5.41) is 6.85. The zero-order valence-electron chi connectivity index (χ0n) is 15.5. The van der Waals surface area contributed by atoms with Crippen molar-refractivity contribution in [2.45, 2.75) is 32.9 Å². The van der Waals surface area contributed by atoms with E-state index in [-0.39, 0.29) is 11.6 Å². The van der Waals surface area contributed by atoms with Crippen LogP contribution in [0.2, 0.25) is 0 Å². The van der Waals surface area contributed by atoms with Crippen LogP contribution in [0.15, 0.2) is 30.5 Å². The summed E-state index contributed by atoms with van der Waals surface area (Å²) >= 11 is 0. The largest absolute Gasteiger partial charge is 0.493 e. The molecular weight excluding hydrogens is 338 g/mol. The Morgan fingerprint density at radius 3 is 2.38 bits per heavy atom. The van der Waals surface area contributed by atoms with Gasteiger partial charge in [-0.2, -0.15) is 5.10 Å². The second-order valence-corrected chi connectivity index (χ2v) is 5.86. The van der Waals surface area contributed by atoms with Gasteiger partial charge >= 0.3 is 5.97 Å². The Bertz CT molecular complexity index is 785. The van der Waals surface area contributed by atoms with Crippen LogP contribution in [0.5, 0.6) is 11.5 Å². The molecule has 0 saturated carbocycles. The average molecular weight is 361 g/mol. The lowest BCUT2D eigenvalue weighted by Crippen LogP contribution is -2.31. The van der Waals surface area contributed by atoms with Gasteiger partial charge in [-0.05, 0) is 39.0 Å². The van der Waals surface area contributed by atoms with Crippen LogP contribution in [0.3, 0.4) is 0 Å². The third-order valence-electron chi connectivity index (χ3n) is 3.68. The van der Waals surface area contributed by atoms with Crippen molar-refractivity contribution in [2.75, 3.05) is 19.5 Å². The molecule has 0 unspecified atom stereocenters. The highest BCUT2D eigenvalue weighted by molar-refractivity contribution is 5.97. The number of nitrogens with zero attached hydrogens (tertiary/aromatic N) is 2. The minimum Gasteiger partial charge on any atom is -0.493 e. The van der Waals surface area contributed by atoms with Gasteiger partial charge in [-0.3, -0.25) is 4.79 Å². The number of amides is 1. The van der Waals surface area contributed by atoms with Crippen LogP contribution in [0.1, 0.15) is 37.2 Å². The molecule has 2 aromatic rings. The van der Waals surface area contributed by atoms with Gasteiger partial charge in [-0.15, -0.1) is 0 Å². The highest BCUT2D eigenvalue weighted by Crippen LogP contribution is 2.28. The number of benzene rings is 1. The number of esters is 1. The van der Waals surface area contributed by atoms with Gasteiger partial charge in [0, 0.05) is 12.1 Å². The molecule has 2 rings (SSSR count). The van der Waals surface area contributed by atoms with Crippen LogP contribution in [0, 0.1) is 0 Å². The molecule has 8 heteroatoms. The number of aromatic nitrogens is 2. The van der Waals surface area contributed by atoms with Crippen molar-refractivity contribution in [3.05, 3.63) is 36.0 Å². The molecule has 1 aromatic carbocycles. The third-order valence-corrected chi connectivity index (χ3v) is 3.68. The number of carbonyl (C=O) groups is 2. The highest BCUT2D eigenvalue weighted by atomic mass is 16.5. The Labute approximate surface area is 152 Å². The standard InChI is InChI=1S/C18H23N3O5/c1-11(2)21-16(8-9-19-21)20-17(22)12(3)26-18(23)13-6-7-14(24-4)15(10-13)25-5/h6-12H,1-5H3,(H,20,22)/t12-/m1/s1. The molecule has 1 heterocycles. The third kappa shape index (κ3) is 4.33. The molecule has 0 bridgehead atoms. The number of ether oxygens (including phenoxy) is 3. The van der Waals surface area contributed by atoms with E-state index in [4.69, 9.17) is 14.2 Å². The van der Waals surface area contributed by atoms with E-state index in [9.17, 15) is 9.59 Å². The number of hydrogen-bond donors (Lipinski definition) is 1. The lowest BCUT2D eigenvalue weighted by Gasteiger charge is -2.16. The Kier molecular flexibility index (Phi) is 6.21. The predicted octanol–water partition coefficient (Wildman–Crippen LogP) is 2.67. The molecule has 1 N–H and O–H groups in total. The fourth-order valence-electron chi connectivity index (χ4n) is 2.30. The first-order valence-electron chi connectivity index (χ1n) is 8.14. The first kappa shape index (κ1) is 19.3. The molecule has 1 atom stereocenters. The molecule has 0 saturated heterocycles. The van der Waals surface area contributed by atoms with E-state index in [0.717, 1.165) is 0 Å². The Hall–Kier alpha value is -3.03. The van der Waals surface area contributed by atoms with Gasteiger partial charge in [0.05, 0.1) is 26.0 Å². The minimum atomic E-state index is -0.980. The second-order valence-electron chi connectivity index (χ2n) is 5.86. The average Bonchev–Trinajstić information content (AvgIpc) is 3.09. The Morgan fingerprint density at radius 1 is 1.08 bits per heavy atom. The first-order valence-corrected chi connectivity index (χ1v) is 8.14. The summed E-state index contributed by atoms with van der Waals surface area (Å²) in [5.74, 6) is 0.364.